The predicted octanol–water partition coefficient (Wildman–Crippen LogP) is 2.11. The monoisotopic (exact) mass is 199 g/mol. The number of hydrogen-bond donors (Lipinski definition) is 2. The fourth-order valence-corrected chi connectivity index (χ4v) is 2.24. The fraction of sp³-hybridized carbons (Fsp3) is 0. The first-order chi connectivity index (χ1) is 5.70. The zero-order valence-corrected chi connectivity index (χ0v) is 7.62. The zero-order chi connectivity index (χ0) is 8.72. The second-order valence-electron chi connectivity index (χ2n) is 2.37. The number of fused-ring (bicyclic) bond motifs is 1. The summed E-state index contributed by atoms with van der Waals surface area (Å²) in [4.78, 5) is 3.93. The molecular formula is C7H6ClN3S. The van der Waals surface area contributed by atoms with Gasteiger partial charge in [-0.1, -0.05) is 11.6 Å². The molecule has 0 saturated heterocycles. The summed E-state index contributed by atoms with van der Waals surface area (Å²) in [7, 11) is 0. The number of thiophene rings is 1. The first kappa shape index (κ1) is 7.64. The predicted molar refractivity (Wildman–Crippen MR) is 53.5 cm³/mol. The molecule has 12 heavy (non-hydrogen) atoms. The van der Waals surface area contributed by atoms with Gasteiger partial charge in [-0.05, 0) is 0 Å². The molecule has 0 aliphatic carbocycles. The van der Waals surface area contributed by atoms with Gasteiger partial charge in [0.25, 0.3) is 0 Å². The third-order valence-corrected chi connectivity index (χ3v) is 2.78. The molecule has 5 heteroatoms. The van der Waals surface area contributed by atoms with E-state index in [1.807, 2.05) is 0 Å². The van der Waals surface area contributed by atoms with E-state index in [1.54, 1.807) is 12.4 Å². The standard InChI is InChI=1S/C7H6ClN3S/c8-4-2-11-1-3-5(4)7(10)12-6(3)9/h1-2H,9-10H2. The Labute approximate surface area is 78.0 Å². The van der Waals surface area contributed by atoms with Crippen molar-refractivity contribution in [2.75, 3.05) is 11.5 Å². The van der Waals surface area contributed by atoms with Crippen LogP contribution in [0.1, 0.15) is 0 Å². The molecule has 0 unspecified atom stereocenters. The summed E-state index contributed by atoms with van der Waals surface area (Å²) in [6, 6.07) is 0. The maximum absolute atomic E-state index is 5.88. The van der Waals surface area contributed by atoms with E-state index in [2.05, 4.69) is 4.98 Å². The summed E-state index contributed by atoms with van der Waals surface area (Å²) in [6.07, 6.45) is 3.23. The molecule has 0 aliphatic rings. The molecule has 0 spiro atoms. The molecule has 2 heterocycles. The Morgan fingerprint density at radius 3 is 2.67 bits per heavy atom. The van der Waals surface area contributed by atoms with Crippen molar-refractivity contribution in [1.29, 1.82) is 0 Å². The van der Waals surface area contributed by atoms with Gasteiger partial charge in [-0.15, -0.1) is 11.3 Å². The van der Waals surface area contributed by atoms with Gasteiger partial charge in [-0.25, -0.2) is 0 Å². The lowest BCUT2D eigenvalue weighted by molar-refractivity contribution is 1.37. The molecule has 0 amide bonds. The third kappa shape index (κ3) is 0.922. The molecule has 3 nitrogen and oxygen atoms in total. The van der Waals surface area contributed by atoms with Crippen LogP contribution in [-0.4, -0.2) is 4.98 Å². The lowest BCUT2D eigenvalue weighted by atomic mass is 10.2. The van der Waals surface area contributed by atoms with Crippen LogP contribution in [0.25, 0.3) is 10.8 Å². The van der Waals surface area contributed by atoms with Gasteiger partial charge in [-0.3, -0.25) is 4.98 Å². The minimum Gasteiger partial charge on any atom is -0.390 e. The van der Waals surface area contributed by atoms with Crippen LogP contribution in [0.3, 0.4) is 0 Å². The molecule has 2 rings (SSSR count). The minimum atomic E-state index is 0.554. The van der Waals surface area contributed by atoms with Crippen LogP contribution in [-0.2, 0) is 0 Å². The first-order valence-electron chi connectivity index (χ1n) is 3.27. The van der Waals surface area contributed by atoms with Crippen molar-refractivity contribution in [3.63, 3.8) is 0 Å². The van der Waals surface area contributed by atoms with Gasteiger partial charge in [0, 0.05) is 23.2 Å². The largest absolute Gasteiger partial charge is 0.390 e. The molecule has 0 aliphatic heterocycles. The van der Waals surface area contributed by atoms with Crippen LogP contribution in [0.5, 0.6) is 0 Å². The number of pyridine rings is 1. The Bertz CT molecular complexity index is 437. The molecule has 2 aromatic heterocycles. The van der Waals surface area contributed by atoms with E-state index >= 15 is 0 Å². The highest BCUT2D eigenvalue weighted by molar-refractivity contribution is 7.21. The van der Waals surface area contributed by atoms with Gasteiger partial charge in [-0.2, -0.15) is 0 Å². The maximum atomic E-state index is 5.88. The van der Waals surface area contributed by atoms with Crippen LogP contribution in [0, 0.1) is 0 Å². The van der Waals surface area contributed by atoms with E-state index in [4.69, 9.17) is 23.1 Å². The topological polar surface area (TPSA) is 64.9 Å². The number of rotatable bonds is 0. The lowest BCUT2D eigenvalue weighted by Gasteiger charge is -1.93. The van der Waals surface area contributed by atoms with Crippen molar-refractivity contribution in [2.45, 2.75) is 0 Å². The smallest absolute Gasteiger partial charge is 0.0974 e. The van der Waals surface area contributed by atoms with Crippen molar-refractivity contribution in [2.24, 2.45) is 0 Å². The molecule has 0 bridgehead atoms. The quantitative estimate of drug-likeness (QED) is 0.683. The van der Waals surface area contributed by atoms with Gasteiger partial charge in [0.1, 0.15) is 0 Å². The summed E-state index contributed by atoms with van der Waals surface area (Å²) in [5.74, 6) is 0. The van der Waals surface area contributed by atoms with E-state index in [9.17, 15) is 0 Å². The van der Waals surface area contributed by atoms with Crippen LogP contribution < -0.4 is 11.5 Å². The number of anilines is 2. The van der Waals surface area contributed by atoms with E-state index in [0.29, 0.717) is 15.0 Å². The number of hydrogen-bond acceptors (Lipinski definition) is 4. The van der Waals surface area contributed by atoms with Crippen molar-refractivity contribution < 1.29 is 0 Å². The van der Waals surface area contributed by atoms with Crippen molar-refractivity contribution >= 4 is 43.7 Å². The molecule has 4 N–H and O–H groups in total. The van der Waals surface area contributed by atoms with Gasteiger partial charge in [0.05, 0.1) is 15.0 Å². The normalized spacial score (nSPS) is 10.8. The number of aromatic nitrogens is 1. The second-order valence-corrected chi connectivity index (χ2v) is 3.87. The second kappa shape index (κ2) is 2.50. The van der Waals surface area contributed by atoms with Crippen molar-refractivity contribution in [1.82, 2.24) is 4.98 Å². The number of nitrogen functional groups attached to an aromatic ring is 2. The maximum Gasteiger partial charge on any atom is 0.0974 e. The Morgan fingerprint density at radius 2 is 2.00 bits per heavy atom. The van der Waals surface area contributed by atoms with Crippen LogP contribution in [0.15, 0.2) is 12.4 Å². The molecule has 62 valence electrons. The lowest BCUT2D eigenvalue weighted by Crippen LogP contribution is -1.81. The molecule has 0 radical (unpaired) electrons. The van der Waals surface area contributed by atoms with Gasteiger partial charge >= 0.3 is 0 Å². The number of nitrogens with two attached hydrogens (primary N) is 2. The Hall–Kier alpha value is -1.00. The van der Waals surface area contributed by atoms with E-state index < -0.39 is 0 Å². The molecule has 0 atom stereocenters. The van der Waals surface area contributed by atoms with Gasteiger partial charge in [0.2, 0.25) is 0 Å². The Balaban J connectivity index is 2.99. The molecule has 2 aromatic rings. The van der Waals surface area contributed by atoms with Crippen molar-refractivity contribution in [3.8, 4) is 0 Å². The number of nitrogens with zero attached hydrogens (tertiary/aromatic N) is 1. The van der Waals surface area contributed by atoms with Crippen LogP contribution >= 0.6 is 22.9 Å². The van der Waals surface area contributed by atoms with Gasteiger partial charge in [0.15, 0.2) is 0 Å². The summed E-state index contributed by atoms with van der Waals surface area (Å²) in [5.41, 5.74) is 11.4. The van der Waals surface area contributed by atoms with Gasteiger partial charge < -0.3 is 11.5 Å². The molecular weight excluding hydrogens is 194 g/mol. The Kier molecular flexibility index (Phi) is 1.59. The zero-order valence-electron chi connectivity index (χ0n) is 6.04. The summed E-state index contributed by atoms with van der Waals surface area (Å²) in [6.45, 7) is 0. The van der Waals surface area contributed by atoms with Crippen molar-refractivity contribution in [3.05, 3.63) is 17.4 Å². The van der Waals surface area contributed by atoms with E-state index in [-0.39, 0.29) is 0 Å². The summed E-state index contributed by atoms with van der Waals surface area (Å²) in [5, 5.41) is 3.52. The molecule has 0 saturated carbocycles. The Morgan fingerprint density at radius 1 is 1.25 bits per heavy atom. The highest BCUT2D eigenvalue weighted by Crippen LogP contribution is 2.38. The van der Waals surface area contributed by atoms with Crippen LogP contribution in [0.2, 0.25) is 5.02 Å². The van der Waals surface area contributed by atoms with E-state index in [0.717, 1.165) is 10.8 Å². The highest BCUT2D eigenvalue weighted by Gasteiger charge is 2.09. The average molecular weight is 200 g/mol. The average Bonchev–Trinajstić information content (AvgIpc) is 2.29. The highest BCUT2D eigenvalue weighted by atomic mass is 35.5. The van der Waals surface area contributed by atoms with E-state index in [1.165, 1.54) is 11.3 Å². The SMILES string of the molecule is Nc1sc(N)c2c(Cl)cncc12. The molecule has 0 aromatic carbocycles. The number of halogens is 1. The minimum absolute atomic E-state index is 0.554. The summed E-state index contributed by atoms with van der Waals surface area (Å²) >= 11 is 7.21. The molecule has 0 fully saturated rings. The summed E-state index contributed by atoms with van der Waals surface area (Å²) < 4.78 is 0. The third-order valence-electron chi connectivity index (χ3n) is 1.63. The fourth-order valence-electron chi connectivity index (χ4n) is 1.10. The first-order valence-corrected chi connectivity index (χ1v) is 4.46. The van der Waals surface area contributed by atoms with Crippen LogP contribution in [0.4, 0.5) is 10.0 Å².